The molecule has 2 unspecified atom stereocenters. The Morgan fingerprint density at radius 2 is 1.27 bits per heavy atom. The lowest BCUT2D eigenvalue weighted by atomic mass is 9.99. The van der Waals surface area contributed by atoms with Crippen LogP contribution in [0.3, 0.4) is 0 Å². The van der Waals surface area contributed by atoms with Gasteiger partial charge in [-0.2, -0.15) is 4.72 Å². The molecule has 7 aromatic rings. The first kappa shape index (κ1) is 50.7. The first-order valence-electron chi connectivity index (χ1n) is 23.4. The fraction of sp³-hybridized carbons (Fsp3) is 0.250. The summed E-state index contributed by atoms with van der Waals surface area (Å²) in [6, 6.07) is 46.0. The van der Waals surface area contributed by atoms with E-state index in [1.807, 2.05) is 96.1 Å². The zero-order valence-corrected chi connectivity index (χ0v) is 41.5. The van der Waals surface area contributed by atoms with Crippen molar-refractivity contribution in [3.05, 3.63) is 207 Å². The molecule has 12 nitrogen and oxygen atoms in total. The van der Waals surface area contributed by atoms with Crippen molar-refractivity contribution in [2.24, 2.45) is 0 Å². The number of furan rings is 1. The minimum atomic E-state index is -4.09. The Bertz CT molecular complexity index is 2930. The molecule has 2 aromatic heterocycles. The molecule has 370 valence electrons. The number of nitrogens with one attached hydrogen (secondary N) is 3. The van der Waals surface area contributed by atoms with Crippen LogP contribution < -0.4 is 15.4 Å². The van der Waals surface area contributed by atoms with Gasteiger partial charge in [0.25, 0.3) is 0 Å². The summed E-state index contributed by atoms with van der Waals surface area (Å²) >= 11 is 1.52. The molecule has 4 amide bonds. The Hall–Kier alpha value is -7.13. The van der Waals surface area contributed by atoms with E-state index in [0.717, 1.165) is 28.1 Å². The number of hydrogen-bond donors (Lipinski definition) is 3. The molecule has 2 aliphatic heterocycles. The first-order valence-corrected chi connectivity index (χ1v) is 25.7. The standard InChI is InChI=1S/C27H25N3O5S2.C19H23NO.C10H11NO.4H2/c31-25-13-10-20-16-23(11-12-24(20)28-25)37(33,34)29-26(19-6-2-1-3-7-19)27(32)30(17-21-8-4-14-35-21)18-22-9-5-15-36-22;1-15(2)20(14-17-10-6-4-7-11-17)19(21)16(3)18-12-8-5-9-13-18;1-7-2-4-9-8(6-7)3-5-10(12)11-9;;;;/h1-9,11-12,14-16,26,29H,10,13,17-18H2,(H,28,31);4-13,15-16H,14H2,1-3H3;2,4,6H,3,5H2,1H3,(H,11,12);4*1H. The van der Waals surface area contributed by atoms with Crippen LogP contribution in [0, 0.1) is 6.92 Å². The zero-order chi connectivity index (χ0) is 49.6. The molecule has 0 aliphatic carbocycles. The number of carbonyl (C=O) groups excluding carboxylic acids is 4. The lowest BCUT2D eigenvalue weighted by Gasteiger charge is -2.30. The van der Waals surface area contributed by atoms with Gasteiger partial charge in [0.05, 0.1) is 30.2 Å². The van der Waals surface area contributed by atoms with E-state index >= 15 is 0 Å². The van der Waals surface area contributed by atoms with Gasteiger partial charge in [0.15, 0.2) is 0 Å². The van der Waals surface area contributed by atoms with Crippen LogP contribution in [0.15, 0.2) is 173 Å². The highest BCUT2D eigenvalue weighted by atomic mass is 32.2. The monoisotopic (exact) mass is 985 g/mol. The number of hydrogen-bond acceptors (Lipinski definition) is 8. The second-order valence-corrected chi connectivity index (χ2v) is 20.3. The second-order valence-electron chi connectivity index (χ2n) is 17.6. The van der Waals surface area contributed by atoms with Gasteiger partial charge in [-0.3, -0.25) is 19.2 Å². The Morgan fingerprint density at radius 3 is 1.86 bits per heavy atom. The van der Waals surface area contributed by atoms with Gasteiger partial charge in [-0.15, -0.1) is 11.3 Å². The van der Waals surface area contributed by atoms with Crippen LogP contribution in [0.5, 0.6) is 0 Å². The molecule has 0 fully saturated rings. The van der Waals surface area contributed by atoms with Gasteiger partial charge >= 0.3 is 0 Å². The molecule has 0 saturated carbocycles. The summed E-state index contributed by atoms with van der Waals surface area (Å²) in [6.07, 6.45) is 3.78. The molecule has 4 heterocycles. The predicted octanol–water partition coefficient (Wildman–Crippen LogP) is 11.6. The van der Waals surface area contributed by atoms with Crippen LogP contribution in [-0.4, -0.2) is 47.9 Å². The summed E-state index contributed by atoms with van der Waals surface area (Å²) in [6.45, 7) is 9.34. The number of rotatable bonds is 14. The number of aryl methyl sites for hydroxylation is 3. The average Bonchev–Trinajstić information content (AvgIpc) is 4.10. The van der Waals surface area contributed by atoms with Crippen molar-refractivity contribution in [3.8, 4) is 0 Å². The third-order valence-corrected chi connectivity index (χ3v) is 14.3. The molecule has 0 saturated heterocycles. The van der Waals surface area contributed by atoms with Gasteiger partial charge in [-0.25, -0.2) is 8.42 Å². The summed E-state index contributed by atoms with van der Waals surface area (Å²) in [4.78, 5) is 54.0. The molecular weight excluding hydrogens is 919 g/mol. The van der Waals surface area contributed by atoms with Crippen LogP contribution in [0.4, 0.5) is 11.4 Å². The molecule has 5 aromatic carbocycles. The van der Waals surface area contributed by atoms with Crippen molar-refractivity contribution in [2.75, 3.05) is 10.6 Å². The number of benzene rings is 5. The largest absolute Gasteiger partial charge is 0.467 e. The van der Waals surface area contributed by atoms with Gasteiger partial charge in [0.2, 0.25) is 33.7 Å². The van der Waals surface area contributed by atoms with E-state index in [4.69, 9.17) is 4.42 Å². The Kier molecular flexibility index (Phi) is 17.3. The van der Waals surface area contributed by atoms with Crippen LogP contribution >= 0.6 is 11.3 Å². The summed E-state index contributed by atoms with van der Waals surface area (Å²) < 4.78 is 35.2. The average molecular weight is 986 g/mol. The highest BCUT2D eigenvalue weighted by Gasteiger charge is 2.32. The summed E-state index contributed by atoms with van der Waals surface area (Å²) in [5, 5.41) is 7.54. The van der Waals surface area contributed by atoms with Crippen molar-refractivity contribution in [1.82, 2.24) is 14.5 Å². The Balaban J connectivity index is 0.000000329. The maximum Gasteiger partial charge on any atom is 0.246 e. The molecule has 0 bridgehead atoms. The zero-order valence-electron chi connectivity index (χ0n) is 39.8. The number of thiophene rings is 1. The number of amides is 4. The molecular formula is C56H67N5O7S2. The molecule has 2 aliphatic rings. The number of carbonyl (C=O) groups is 4. The minimum absolute atomic E-state index is 0. The molecule has 3 N–H and O–H groups in total. The Morgan fingerprint density at radius 1 is 0.671 bits per heavy atom. The highest BCUT2D eigenvalue weighted by molar-refractivity contribution is 7.89. The maximum atomic E-state index is 14.0. The lowest BCUT2D eigenvalue weighted by molar-refractivity contribution is -0.135. The second kappa shape index (κ2) is 23.9. The SMILES string of the molecule is CC(C(=O)N(Cc1ccccc1)C(C)C)c1ccccc1.Cc1ccc2c(c1)CCC(=O)N2.O=C1CCc2cc(S(=O)(=O)NC(C(=O)N(Cc3ccco3)Cc3cccs3)c3ccccc3)ccc2N1.[HH].[HH].[HH].[HH]. The normalized spacial score (nSPS) is 13.7. The van der Waals surface area contributed by atoms with Crippen molar-refractivity contribution >= 4 is 56.4 Å². The van der Waals surface area contributed by atoms with E-state index in [2.05, 4.69) is 54.3 Å². The van der Waals surface area contributed by atoms with E-state index in [1.54, 1.807) is 59.7 Å². The number of fused-ring (bicyclic) bond motifs is 2. The van der Waals surface area contributed by atoms with Gasteiger partial charge in [0.1, 0.15) is 11.8 Å². The first-order chi connectivity index (χ1) is 33.7. The smallest absolute Gasteiger partial charge is 0.246 e. The quantitative estimate of drug-likeness (QED) is 0.0978. The van der Waals surface area contributed by atoms with E-state index in [-0.39, 0.29) is 46.8 Å². The van der Waals surface area contributed by atoms with E-state index in [9.17, 15) is 27.6 Å². The van der Waals surface area contributed by atoms with Gasteiger partial charge in [-0.1, -0.05) is 115 Å². The molecule has 9 rings (SSSR count). The fourth-order valence-corrected chi connectivity index (χ4v) is 10.1. The number of anilines is 2. The lowest BCUT2D eigenvalue weighted by Crippen LogP contribution is -2.42. The number of nitrogens with zero attached hydrogens (tertiary/aromatic N) is 2. The topological polar surface area (TPSA) is 158 Å². The van der Waals surface area contributed by atoms with E-state index in [0.29, 0.717) is 49.4 Å². The number of sulfonamides is 1. The third-order valence-electron chi connectivity index (χ3n) is 12.0. The van der Waals surface area contributed by atoms with Crippen LogP contribution in [0.1, 0.15) is 95.3 Å². The molecule has 14 heteroatoms. The minimum Gasteiger partial charge on any atom is -0.467 e. The van der Waals surface area contributed by atoms with Crippen LogP contribution in [0.25, 0.3) is 0 Å². The third kappa shape index (κ3) is 13.8. The van der Waals surface area contributed by atoms with E-state index in [1.165, 1.54) is 34.1 Å². The molecule has 70 heavy (non-hydrogen) atoms. The van der Waals surface area contributed by atoms with Crippen molar-refractivity contribution in [3.63, 3.8) is 0 Å². The van der Waals surface area contributed by atoms with Gasteiger partial charge < -0.3 is 24.9 Å². The van der Waals surface area contributed by atoms with Crippen molar-refractivity contribution in [1.29, 1.82) is 0 Å². The summed E-state index contributed by atoms with van der Waals surface area (Å²) in [7, 11) is -4.09. The van der Waals surface area contributed by atoms with Crippen molar-refractivity contribution < 1.29 is 37.7 Å². The van der Waals surface area contributed by atoms with Crippen LogP contribution in [-0.2, 0) is 61.7 Å². The predicted molar refractivity (Wildman–Crippen MR) is 284 cm³/mol. The Labute approximate surface area is 420 Å². The van der Waals surface area contributed by atoms with Crippen molar-refractivity contribution in [2.45, 2.75) is 95.9 Å². The summed E-state index contributed by atoms with van der Waals surface area (Å²) in [5.41, 5.74) is 7.60. The molecule has 0 spiro atoms. The fourth-order valence-electron chi connectivity index (χ4n) is 8.17. The maximum absolute atomic E-state index is 14.0. The highest BCUT2D eigenvalue weighted by Crippen LogP contribution is 2.29. The van der Waals surface area contributed by atoms with E-state index < -0.39 is 22.0 Å². The molecule has 2 atom stereocenters. The van der Waals surface area contributed by atoms with Gasteiger partial charge in [0, 0.05) is 47.4 Å². The molecule has 0 radical (unpaired) electrons. The van der Waals surface area contributed by atoms with Gasteiger partial charge in [-0.05, 0) is 116 Å². The summed E-state index contributed by atoms with van der Waals surface area (Å²) in [5.74, 6) is 0.295. The van der Waals surface area contributed by atoms with Crippen LogP contribution in [0.2, 0.25) is 0 Å².